The highest BCUT2D eigenvalue weighted by Gasteiger charge is 2.19. The number of esters is 1. The Kier molecular flexibility index (Phi) is 4.42. The second-order valence-corrected chi connectivity index (χ2v) is 3.45. The zero-order valence-corrected chi connectivity index (χ0v) is 10.1. The Bertz CT molecular complexity index is 362. The highest BCUT2D eigenvalue weighted by Crippen LogP contribution is 2.06. The number of aryl methyl sites for hydroxylation is 1. The summed E-state index contributed by atoms with van der Waals surface area (Å²) in [5.41, 5.74) is 0. The lowest BCUT2D eigenvalue weighted by Gasteiger charge is -2.12. The molecule has 0 saturated carbocycles. The van der Waals surface area contributed by atoms with E-state index in [1.165, 1.54) is 0 Å². The predicted octanol–water partition coefficient (Wildman–Crippen LogP) is 0.798. The molecule has 1 unspecified atom stereocenters. The van der Waals surface area contributed by atoms with E-state index >= 15 is 0 Å². The fraction of sp³-hybridized carbons (Fsp3) is 0.700. The summed E-state index contributed by atoms with van der Waals surface area (Å²) in [5.74, 6) is 0.446. The smallest absolute Gasteiger partial charge is 0.376 e. The quantitative estimate of drug-likeness (QED) is 0.696. The molecule has 1 heterocycles. The van der Waals surface area contributed by atoms with Gasteiger partial charge in [0.05, 0.1) is 19.3 Å². The largest absolute Gasteiger partial charge is 0.460 e. The van der Waals surface area contributed by atoms with Gasteiger partial charge >= 0.3 is 5.97 Å². The van der Waals surface area contributed by atoms with Gasteiger partial charge in [0.1, 0.15) is 5.82 Å². The molecule has 0 aromatic carbocycles. The summed E-state index contributed by atoms with van der Waals surface area (Å²) in [6.07, 6.45) is -0.0112. The van der Waals surface area contributed by atoms with E-state index in [-0.39, 0.29) is 11.9 Å². The van der Waals surface area contributed by atoms with Gasteiger partial charge in [0, 0.05) is 7.11 Å². The Morgan fingerprint density at radius 3 is 2.75 bits per heavy atom. The van der Waals surface area contributed by atoms with Crippen LogP contribution in [0.3, 0.4) is 0 Å². The van der Waals surface area contributed by atoms with Crippen LogP contribution in [-0.2, 0) is 16.0 Å². The summed E-state index contributed by atoms with van der Waals surface area (Å²) in [5, 5.41) is 7.67. The van der Waals surface area contributed by atoms with E-state index in [9.17, 15) is 4.79 Å². The first-order valence-corrected chi connectivity index (χ1v) is 5.19. The molecule has 90 valence electrons. The number of carbonyl (C=O) groups is 1. The lowest BCUT2D eigenvalue weighted by Crippen LogP contribution is -2.21. The van der Waals surface area contributed by atoms with Gasteiger partial charge in [0.25, 0.3) is 0 Å². The Balaban J connectivity index is 2.89. The van der Waals surface area contributed by atoms with Crippen LogP contribution in [0.5, 0.6) is 0 Å². The lowest BCUT2D eigenvalue weighted by atomic mass is 10.4. The topological polar surface area (TPSA) is 66.2 Å². The van der Waals surface area contributed by atoms with Crippen molar-refractivity contribution in [2.75, 3.05) is 13.7 Å². The first-order valence-electron chi connectivity index (χ1n) is 5.19. The van der Waals surface area contributed by atoms with Crippen LogP contribution >= 0.6 is 0 Å². The van der Waals surface area contributed by atoms with Gasteiger partial charge in [-0.2, -0.15) is 0 Å². The molecule has 0 fully saturated rings. The molecule has 0 N–H and O–H groups in total. The number of rotatable bonds is 5. The molecule has 0 radical (unpaired) electrons. The van der Waals surface area contributed by atoms with Crippen molar-refractivity contribution in [3.05, 3.63) is 11.6 Å². The zero-order valence-electron chi connectivity index (χ0n) is 10.1. The SMILES string of the molecule is CCOC(=O)c1nnc(C)n1CC(C)OC. The number of methoxy groups -OCH3 is 1. The van der Waals surface area contributed by atoms with E-state index in [4.69, 9.17) is 9.47 Å². The molecule has 0 aliphatic carbocycles. The summed E-state index contributed by atoms with van der Waals surface area (Å²) in [4.78, 5) is 11.6. The van der Waals surface area contributed by atoms with Gasteiger partial charge in [-0.25, -0.2) is 4.79 Å². The first kappa shape index (κ1) is 12.6. The minimum Gasteiger partial charge on any atom is -0.460 e. The third-order valence-corrected chi connectivity index (χ3v) is 2.24. The highest BCUT2D eigenvalue weighted by atomic mass is 16.5. The van der Waals surface area contributed by atoms with Crippen LogP contribution in [0.4, 0.5) is 0 Å². The fourth-order valence-corrected chi connectivity index (χ4v) is 1.28. The predicted molar refractivity (Wildman–Crippen MR) is 57.2 cm³/mol. The van der Waals surface area contributed by atoms with Crippen molar-refractivity contribution in [2.45, 2.75) is 33.4 Å². The summed E-state index contributed by atoms with van der Waals surface area (Å²) in [6, 6.07) is 0. The van der Waals surface area contributed by atoms with E-state index < -0.39 is 5.97 Å². The molecule has 0 saturated heterocycles. The van der Waals surface area contributed by atoms with Crippen LogP contribution in [0.25, 0.3) is 0 Å². The minimum absolute atomic E-state index is 0.0112. The monoisotopic (exact) mass is 227 g/mol. The Morgan fingerprint density at radius 1 is 1.50 bits per heavy atom. The molecule has 1 rings (SSSR count). The van der Waals surface area contributed by atoms with Crippen LogP contribution in [0, 0.1) is 6.92 Å². The van der Waals surface area contributed by atoms with Crippen LogP contribution in [0.1, 0.15) is 30.3 Å². The maximum absolute atomic E-state index is 11.6. The van der Waals surface area contributed by atoms with Crippen LogP contribution in [0.2, 0.25) is 0 Å². The molecule has 0 amide bonds. The number of hydrogen-bond donors (Lipinski definition) is 0. The number of carbonyl (C=O) groups excluding carboxylic acids is 1. The van der Waals surface area contributed by atoms with Crippen LogP contribution in [-0.4, -0.2) is 40.6 Å². The molecule has 0 bridgehead atoms. The Morgan fingerprint density at radius 2 is 2.19 bits per heavy atom. The standard InChI is InChI=1S/C10H17N3O3/c1-5-16-10(14)9-12-11-8(3)13(9)6-7(2)15-4/h7H,5-6H2,1-4H3. The Labute approximate surface area is 94.6 Å². The van der Waals surface area contributed by atoms with Crippen LogP contribution < -0.4 is 0 Å². The maximum atomic E-state index is 11.6. The highest BCUT2D eigenvalue weighted by molar-refractivity contribution is 5.85. The lowest BCUT2D eigenvalue weighted by molar-refractivity contribution is 0.0496. The van der Waals surface area contributed by atoms with Crippen molar-refractivity contribution in [3.8, 4) is 0 Å². The maximum Gasteiger partial charge on any atom is 0.376 e. The molecule has 16 heavy (non-hydrogen) atoms. The number of ether oxygens (including phenoxy) is 2. The normalized spacial score (nSPS) is 12.5. The molecular weight excluding hydrogens is 210 g/mol. The molecule has 6 heteroatoms. The van der Waals surface area contributed by atoms with Crippen molar-refractivity contribution in [3.63, 3.8) is 0 Å². The first-order chi connectivity index (χ1) is 7.60. The van der Waals surface area contributed by atoms with Gasteiger partial charge in [-0.3, -0.25) is 0 Å². The molecule has 0 aliphatic heterocycles. The van der Waals surface area contributed by atoms with E-state index in [0.717, 1.165) is 0 Å². The van der Waals surface area contributed by atoms with Crippen molar-refractivity contribution in [1.29, 1.82) is 0 Å². The van der Waals surface area contributed by atoms with Crippen molar-refractivity contribution >= 4 is 5.97 Å². The minimum atomic E-state index is -0.452. The van der Waals surface area contributed by atoms with E-state index in [1.807, 2.05) is 6.92 Å². The fourth-order valence-electron chi connectivity index (χ4n) is 1.28. The number of aromatic nitrogens is 3. The molecule has 0 spiro atoms. The van der Waals surface area contributed by atoms with Gasteiger partial charge in [0.15, 0.2) is 0 Å². The number of nitrogens with zero attached hydrogens (tertiary/aromatic N) is 3. The third-order valence-electron chi connectivity index (χ3n) is 2.24. The third kappa shape index (κ3) is 2.79. The van der Waals surface area contributed by atoms with E-state index in [2.05, 4.69) is 10.2 Å². The Hall–Kier alpha value is -1.43. The van der Waals surface area contributed by atoms with Crippen LogP contribution in [0.15, 0.2) is 0 Å². The average molecular weight is 227 g/mol. The summed E-state index contributed by atoms with van der Waals surface area (Å²) in [6.45, 7) is 6.31. The average Bonchev–Trinajstić information content (AvgIpc) is 2.61. The van der Waals surface area contributed by atoms with Gasteiger partial charge in [-0.15, -0.1) is 10.2 Å². The van der Waals surface area contributed by atoms with Crippen molar-refractivity contribution in [2.24, 2.45) is 0 Å². The molecule has 6 nitrogen and oxygen atoms in total. The van der Waals surface area contributed by atoms with E-state index in [0.29, 0.717) is 19.0 Å². The summed E-state index contributed by atoms with van der Waals surface area (Å²) >= 11 is 0. The van der Waals surface area contributed by atoms with Crippen molar-refractivity contribution < 1.29 is 14.3 Å². The zero-order chi connectivity index (χ0) is 12.1. The second kappa shape index (κ2) is 5.60. The second-order valence-electron chi connectivity index (χ2n) is 3.45. The van der Waals surface area contributed by atoms with Crippen molar-refractivity contribution in [1.82, 2.24) is 14.8 Å². The molecule has 1 aromatic rings. The molecule has 1 aromatic heterocycles. The van der Waals surface area contributed by atoms with Gasteiger partial charge < -0.3 is 14.0 Å². The number of hydrogen-bond acceptors (Lipinski definition) is 5. The summed E-state index contributed by atoms with van der Waals surface area (Å²) < 4.78 is 11.7. The van der Waals surface area contributed by atoms with Gasteiger partial charge in [-0.05, 0) is 20.8 Å². The molecular formula is C10H17N3O3. The van der Waals surface area contributed by atoms with Gasteiger partial charge in [-0.1, -0.05) is 0 Å². The molecule has 0 aliphatic rings. The molecule has 1 atom stereocenters. The summed E-state index contributed by atoms with van der Waals surface area (Å²) in [7, 11) is 1.62. The van der Waals surface area contributed by atoms with Gasteiger partial charge in [0.2, 0.25) is 5.82 Å². The van der Waals surface area contributed by atoms with E-state index in [1.54, 1.807) is 25.5 Å².